The predicted molar refractivity (Wildman–Crippen MR) is 81.3 cm³/mol. The molecule has 0 aliphatic carbocycles. The summed E-state index contributed by atoms with van der Waals surface area (Å²) in [7, 11) is 1.98. The zero-order valence-electron chi connectivity index (χ0n) is 11.5. The highest BCUT2D eigenvalue weighted by Gasteiger charge is 2.17. The smallest absolute Gasteiger partial charge is 0.123 e. The number of allylic oxidation sites excluding steroid dienone is 6. The summed E-state index contributed by atoms with van der Waals surface area (Å²) in [4.78, 5) is 6.44. The van der Waals surface area contributed by atoms with E-state index in [0.717, 1.165) is 28.1 Å². The van der Waals surface area contributed by atoms with Crippen molar-refractivity contribution in [3.63, 3.8) is 0 Å². The molecule has 100 valence electrons. The fourth-order valence-corrected chi connectivity index (χ4v) is 2.27. The van der Waals surface area contributed by atoms with Gasteiger partial charge in [-0.2, -0.15) is 0 Å². The van der Waals surface area contributed by atoms with E-state index >= 15 is 0 Å². The predicted octanol–water partition coefficient (Wildman–Crippen LogP) is 4.21. The summed E-state index contributed by atoms with van der Waals surface area (Å²) < 4.78 is 13.4. The second kappa shape index (κ2) is 4.93. The highest BCUT2D eigenvalue weighted by molar-refractivity contribution is 6.28. The van der Waals surface area contributed by atoms with E-state index in [4.69, 9.17) is 0 Å². The molecule has 20 heavy (non-hydrogen) atoms. The Labute approximate surface area is 117 Å². The minimum absolute atomic E-state index is 0.230. The molecule has 2 nitrogen and oxygen atoms in total. The number of halogens is 1. The second-order valence-corrected chi connectivity index (χ2v) is 4.90. The number of benzene rings is 1. The molecule has 3 rings (SSSR count). The van der Waals surface area contributed by atoms with E-state index in [-0.39, 0.29) is 5.82 Å². The molecular formula is C17H15FN2. The minimum atomic E-state index is -0.230. The highest BCUT2D eigenvalue weighted by Crippen LogP contribution is 2.35. The number of rotatable bonds is 1. The Hall–Kier alpha value is -2.42. The van der Waals surface area contributed by atoms with Crippen molar-refractivity contribution in [2.75, 3.05) is 7.05 Å². The van der Waals surface area contributed by atoms with Crippen molar-refractivity contribution in [3.05, 3.63) is 71.9 Å². The SMILES string of the molecule is CC1=Nc2ccc(F)cc2C1=CC=C1C=CN(C)C=C1. The Morgan fingerprint density at radius 2 is 1.90 bits per heavy atom. The molecule has 1 aromatic rings. The molecule has 0 spiro atoms. The normalized spacial score (nSPS) is 18.6. The van der Waals surface area contributed by atoms with Gasteiger partial charge in [0.1, 0.15) is 5.82 Å². The van der Waals surface area contributed by atoms with Crippen molar-refractivity contribution in [3.8, 4) is 0 Å². The molecule has 0 unspecified atom stereocenters. The zero-order chi connectivity index (χ0) is 14.1. The van der Waals surface area contributed by atoms with E-state index < -0.39 is 0 Å². The standard InChI is InChI=1S/C17H15FN2/c1-12-15(5-3-13-7-9-20(2)10-8-13)16-11-14(18)4-6-17(16)19-12/h3-11H,1-2H3. The lowest BCUT2D eigenvalue weighted by Crippen LogP contribution is -2.02. The molecule has 2 aliphatic rings. The fraction of sp³-hybridized carbons (Fsp3) is 0.118. The van der Waals surface area contributed by atoms with Gasteiger partial charge in [0, 0.05) is 36.3 Å². The van der Waals surface area contributed by atoms with Crippen molar-refractivity contribution >= 4 is 17.0 Å². The first-order valence-electron chi connectivity index (χ1n) is 6.49. The highest BCUT2D eigenvalue weighted by atomic mass is 19.1. The lowest BCUT2D eigenvalue weighted by Gasteiger charge is -2.11. The van der Waals surface area contributed by atoms with Crippen LogP contribution >= 0.6 is 0 Å². The molecule has 0 saturated carbocycles. The van der Waals surface area contributed by atoms with E-state index in [1.54, 1.807) is 12.1 Å². The molecule has 0 radical (unpaired) electrons. The Morgan fingerprint density at radius 1 is 1.15 bits per heavy atom. The van der Waals surface area contributed by atoms with Crippen molar-refractivity contribution in [2.45, 2.75) is 6.92 Å². The Balaban J connectivity index is 1.96. The molecule has 2 heterocycles. The summed E-state index contributed by atoms with van der Waals surface area (Å²) in [5, 5.41) is 0. The van der Waals surface area contributed by atoms with E-state index in [9.17, 15) is 4.39 Å². The number of aliphatic imine (C=N–C) groups is 1. The maximum absolute atomic E-state index is 13.4. The number of nitrogens with zero attached hydrogens (tertiary/aromatic N) is 2. The van der Waals surface area contributed by atoms with E-state index in [1.807, 2.05) is 55.6 Å². The third kappa shape index (κ3) is 2.35. The Kier molecular flexibility index (Phi) is 3.11. The van der Waals surface area contributed by atoms with Crippen LogP contribution in [0.2, 0.25) is 0 Å². The lowest BCUT2D eigenvalue weighted by atomic mass is 10.0. The number of hydrogen-bond donors (Lipinski definition) is 0. The second-order valence-electron chi connectivity index (χ2n) is 4.90. The largest absolute Gasteiger partial charge is 0.357 e. The minimum Gasteiger partial charge on any atom is -0.357 e. The van der Waals surface area contributed by atoms with E-state index in [1.165, 1.54) is 6.07 Å². The van der Waals surface area contributed by atoms with Gasteiger partial charge in [-0.1, -0.05) is 12.2 Å². The summed E-state index contributed by atoms with van der Waals surface area (Å²) in [5.41, 5.74) is 4.70. The summed E-state index contributed by atoms with van der Waals surface area (Å²) in [6.45, 7) is 1.95. The Morgan fingerprint density at radius 3 is 2.65 bits per heavy atom. The molecule has 2 aliphatic heterocycles. The quantitative estimate of drug-likeness (QED) is 0.743. The van der Waals surface area contributed by atoms with Crippen LogP contribution in [0.3, 0.4) is 0 Å². The van der Waals surface area contributed by atoms with E-state index in [0.29, 0.717) is 0 Å². The van der Waals surface area contributed by atoms with Crippen LogP contribution in [0.1, 0.15) is 12.5 Å². The fourth-order valence-electron chi connectivity index (χ4n) is 2.27. The van der Waals surface area contributed by atoms with Crippen LogP contribution in [0.25, 0.3) is 5.57 Å². The van der Waals surface area contributed by atoms with Gasteiger partial charge in [-0.15, -0.1) is 0 Å². The average Bonchev–Trinajstić information content (AvgIpc) is 2.73. The molecule has 0 amide bonds. The van der Waals surface area contributed by atoms with Gasteiger partial charge < -0.3 is 4.90 Å². The third-order valence-electron chi connectivity index (χ3n) is 3.37. The van der Waals surface area contributed by atoms with Crippen LogP contribution in [0.4, 0.5) is 10.1 Å². The van der Waals surface area contributed by atoms with Crippen LogP contribution in [0.15, 0.2) is 65.5 Å². The van der Waals surface area contributed by atoms with Gasteiger partial charge in [-0.3, -0.25) is 4.99 Å². The van der Waals surface area contributed by atoms with Crippen LogP contribution in [0.5, 0.6) is 0 Å². The van der Waals surface area contributed by atoms with Crippen LogP contribution in [0, 0.1) is 5.82 Å². The van der Waals surface area contributed by atoms with Gasteiger partial charge in [-0.05, 0) is 42.8 Å². The molecule has 0 N–H and O–H groups in total. The van der Waals surface area contributed by atoms with Crippen molar-refractivity contribution in [2.24, 2.45) is 4.99 Å². The topological polar surface area (TPSA) is 15.6 Å². The molecule has 0 aromatic heterocycles. The zero-order valence-corrected chi connectivity index (χ0v) is 11.5. The van der Waals surface area contributed by atoms with Gasteiger partial charge in [-0.25, -0.2) is 4.39 Å². The molecular weight excluding hydrogens is 251 g/mol. The van der Waals surface area contributed by atoms with Crippen LogP contribution in [-0.2, 0) is 0 Å². The third-order valence-corrected chi connectivity index (χ3v) is 3.37. The molecule has 0 bridgehead atoms. The molecule has 0 atom stereocenters. The molecule has 0 fully saturated rings. The maximum Gasteiger partial charge on any atom is 0.123 e. The summed E-state index contributed by atoms with van der Waals surface area (Å²) in [6.07, 6.45) is 12.1. The van der Waals surface area contributed by atoms with Crippen LogP contribution < -0.4 is 0 Å². The summed E-state index contributed by atoms with van der Waals surface area (Å²) in [6, 6.07) is 4.71. The van der Waals surface area contributed by atoms with Crippen LogP contribution in [-0.4, -0.2) is 17.7 Å². The van der Waals surface area contributed by atoms with Gasteiger partial charge in [0.2, 0.25) is 0 Å². The lowest BCUT2D eigenvalue weighted by molar-refractivity contribution is 0.620. The van der Waals surface area contributed by atoms with Crippen molar-refractivity contribution in [1.82, 2.24) is 4.90 Å². The van der Waals surface area contributed by atoms with Crippen molar-refractivity contribution < 1.29 is 4.39 Å². The van der Waals surface area contributed by atoms with Gasteiger partial charge >= 0.3 is 0 Å². The number of hydrogen-bond acceptors (Lipinski definition) is 2. The first kappa shape index (κ1) is 12.6. The average molecular weight is 266 g/mol. The van der Waals surface area contributed by atoms with Gasteiger partial charge in [0.15, 0.2) is 0 Å². The number of fused-ring (bicyclic) bond motifs is 1. The monoisotopic (exact) mass is 266 g/mol. The molecule has 1 aromatic carbocycles. The van der Waals surface area contributed by atoms with Crippen molar-refractivity contribution in [1.29, 1.82) is 0 Å². The van der Waals surface area contributed by atoms with Gasteiger partial charge in [0.25, 0.3) is 0 Å². The summed E-state index contributed by atoms with van der Waals surface area (Å²) in [5.74, 6) is -0.230. The summed E-state index contributed by atoms with van der Waals surface area (Å²) >= 11 is 0. The first-order chi connectivity index (χ1) is 9.63. The Bertz CT molecular complexity index is 690. The van der Waals surface area contributed by atoms with E-state index in [2.05, 4.69) is 4.99 Å². The van der Waals surface area contributed by atoms with Gasteiger partial charge in [0.05, 0.1) is 5.69 Å². The first-order valence-corrected chi connectivity index (χ1v) is 6.49. The molecule has 0 saturated heterocycles. The maximum atomic E-state index is 13.4. The molecule has 3 heteroatoms.